The van der Waals surface area contributed by atoms with Gasteiger partial charge in [0.1, 0.15) is 6.10 Å². The van der Waals surface area contributed by atoms with Gasteiger partial charge in [0.05, 0.1) is 0 Å². The van der Waals surface area contributed by atoms with Gasteiger partial charge in [0, 0.05) is 36.5 Å². The Bertz CT molecular complexity index is 739. The number of benzene rings is 1. The Hall–Kier alpha value is -2.89. The van der Waals surface area contributed by atoms with Gasteiger partial charge in [0.2, 0.25) is 11.8 Å². The number of nitrogens with one attached hydrogen (secondary N) is 2. The molecule has 26 heavy (non-hydrogen) atoms. The topological polar surface area (TPSA) is 80.3 Å². The first-order chi connectivity index (χ1) is 12.6. The van der Waals surface area contributed by atoms with Crippen molar-refractivity contribution in [1.82, 2.24) is 10.3 Å². The first-order valence-corrected chi connectivity index (χ1v) is 8.86. The Labute approximate surface area is 153 Å². The minimum Gasteiger partial charge on any atom is -0.474 e. The van der Waals surface area contributed by atoms with E-state index in [1.54, 1.807) is 30.5 Å². The summed E-state index contributed by atoms with van der Waals surface area (Å²) < 4.78 is 5.88. The molecule has 0 unspecified atom stereocenters. The highest BCUT2D eigenvalue weighted by molar-refractivity contribution is 5.95. The zero-order chi connectivity index (χ0) is 18.4. The van der Waals surface area contributed by atoms with Crippen molar-refractivity contribution in [3.63, 3.8) is 0 Å². The monoisotopic (exact) mass is 353 g/mol. The van der Waals surface area contributed by atoms with Crippen LogP contribution in [0.1, 0.15) is 43.0 Å². The number of carbonyl (C=O) groups is 2. The second kappa shape index (κ2) is 8.47. The van der Waals surface area contributed by atoms with Crippen LogP contribution in [0.4, 0.5) is 5.69 Å². The maximum atomic E-state index is 12.4. The highest BCUT2D eigenvalue weighted by Gasteiger charge is 2.24. The number of hydrogen-bond acceptors (Lipinski definition) is 4. The maximum Gasteiger partial charge on any atom is 0.251 e. The van der Waals surface area contributed by atoms with Crippen LogP contribution >= 0.6 is 0 Å². The van der Waals surface area contributed by atoms with Gasteiger partial charge in [0.15, 0.2) is 0 Å². The highest BCUT2D eigenvalue weighted by Crippen LogP contribution is 2.23. The molecule has 0 bridgehead atoms. The molecular formula is C20H23N3O3. The fourth-order valence-corrected chi connectivity index (χ4v) is 3.09. The number of rotatable bonds is 5. The lowest BCUT2D eigenvalue weighted by Gasteiger charge is -2.29. The average Bonchev–Trinajstić information content (AvgIpc) is 2.64. The molecule has 1 saturated carbocycles. The summed E-state index contributed by atoms with van der Waals surface area (Å²) in [5.41, 5.74) is 1.27. The van der Waals surface area contributed by atoms with Crippen molar-refractivity contribution in [3.8, 4) is 5.88 Å². The van der Waals surface area contributed by atoms with Crippen molar-refractivity contribution in [2.24, 2.45) is 0 Å². The first kappa shape index (κ1) is 17.9. The maximum absolute atomic E-state index is 12.4. The Morgan fingerprint density at radius 3 is 2.38 bits per heavy atom. The molecule has 0 aliphatic heterocycles. The van der Waals surface area contributed by atoms with E-state index in [-0.39, 0.29) is 24.0 Å². The fourth-order valence-electron chi connectivity index (χ4n) is 3.09. The van der Waals surface area contributed by atoms with Crippen LogP contribution in [0.2, 0.25) is 0 Å². The van der Waals surface area contributed by atoms with Crippen LogP contribution in [0.5, 0.6) is 5.88 Å². The van der Waals surface area contributed by atoms with Crippen molar-refractivity contribution in [2.75, 3.05) is 5.32 Å². The summed E-state index contributed by atoms with van der Waals surface area (Å²) in [6.07, 6.45) is 5.42. The number of pyridine rings is 1. The molecule has 6 nitrogen and oxygen atoms in total. The van der Waals surface area contributed by atoms with Crippen molar-refractivity contribution in [1.29, 1.82) is 0 Å². The van der Waals surface area contributed by atoms with Gasteiger partial charge in [-0.3, -0.25) is 9.59 Å². The summed E-state index contributed by atoms with van der Waals surface area (Å²) in [4.78, 5) is 27.6. The molecule has 2 aromatic rings. The van der Waals surface area contributed by atoms with Gasteiger partial charge in [0.25, 0.3) is 5.91 Å². The third-order valence-corrected chi connectivity index (χ3v) is 4.40. The van der Waals surface area contributed by atoms with Crippen LogP contribution in [0.15, 0.2) is 48.7 Å². The van der Waals surface area contributed by atoms with Crippen molar-refractivity contribution >= 4 is 17.5 Å². The van der Waals surface area contributed by atoms with E-state index in [2.05, 4.69) is 15.6 Å². The molecule has 0 spiro atoms. The summed E-state index contributed by atoms with van der Waals surface area (Å²) in [7, 11) is 0. The molecule has 3 rings (SSSR count). The first-order valence-electron chi connectivity index (χ1n) is 8.86. The van der Waals surface area contributed by atoms with Gasteiger partial charge in [-0.25, -0.2) is 4.98 Å². The molecule has 1 aromatic carbocycles. The lowest BCUT2D eigenvalue weighted by atomic mass is 9.92. The van der Waals surface area contributed by atoms with Gasteiger partial charge in [-0.05, 0) is 56.0 Å². The van der Waals surface area contributed by atoms with E-state index >= 15 is 0 Å². The number of aromatic nitrogens is 1. The molecule has 0 saturated heterocycles. The smallest absolute Gasteiger partial charge is 0.251 e. The molecular weight excluding hydrogens is 330 g/mol. The second-order valence-electron chi connectivity index (χ2n) is 6.49. The molecule has 1 fully saturated rings. The SMILES string of the molecule is CC(=O)Nc1ccc(C(=O)NC2CCC(Oc3ccccn3)CC2)cc1. The molecule has 1 aromatic heterocycles. The molecule has 6 heteroatoms. The summed E-state index contributed by atoms with van der Waals surface area (Å²) in [6.45, 7) is 1.45. The Kier molecular flexibility index (Phi) is 5.84. The van der Waals surface area contributed by atoms with Crippen LogP contribution in [-0.4, -0.2) is 28.9 Å². The van der Waals surface area contributed by atoms with Crippen LogP contribution in [0, 0.1) is 0 Å². The van der Waals surface area contributed by atoms with E-state index in [1.807, 2.05) is 18.2 Å². The lowest BCUT2D eigenvalue weighted by molar-refractivity contribution is -0.114. The second-order valence-corrected chi connectivity index (χ2v) is 6.49. The van der Waals surface area contributed by atoms with Gasteiger partial charge < -0.3 is 15.4 Å². The van der Waals surface area contributed by atoms with Gasteiger partial charge in [-0.15, -0.1) is 0 Å². The summed E-state index contributed by atoms with van der Waals surface area (Å²) in [5, 5.41) is 5.77. The normalized spacial score (nSPS) is 19.4. The Balaban J connectivity index is 1.46. The average molecular weight is 353 g/mol. The van der Waals surface area contributed by atoms with Crippen LogP contribution < -0.4 is 15.4 Å². The number of amides is 2. The largest absolute Gasteiger partial charge is 0.474 e. The van der Waals surface area contributed by atoms with Gasteiger partial charge >= 0.3 is 0 Å². The predicted molar refractivity (Wildman–Crippen MR) is 99.1 cm³/mol. The van der Waals surface area contributed by atoms with Crippen LogP contribution in [-0.2, 0) is 4.79 Å². The quantitative estimate of drug-likeness (QED) is 0.865. The lowest BCUT2D eigenvalue weighted by Crippen LogP contribution is -2.39. The summed E-state index contributed by atoms with van der Waals surface area (Å²) >= 11 is 0. The molecule has 0 atom stereocenters. The third kappa shape index (κ3) is 5.05. The van der Waals surface area contributed by atoms with E-state index in [9.17, 15) is 9.59 Å². The number of hydrogen-bond donors (Lipinski definition) is 2. The van der Waals surface area contributed by atoms with Gasteiger partial charge in [-0.2, -0.15) is 0 Å². The van der Waals surface area contributed by atoms with Crippen molar-refractivity contribution in [3.05, 3.63) is 54.2 Å². The molecule has 1 aliphatic carbocycles. The summed E-state index contributed by atoms with van der Waals surface area (Å²) in [5.74, 6) is 0.430. The zero-order valence-electron chi connectivity index (χ0n) is 14.8. The molecule has 136 valence electrons. The van der Waals surface area contributed by atoms with E-state index in [4.69, 9.17) is 4.74 Å². The van der Waals surface area contributed by atoms with E-state index < -0.39 is 0 Å². The highest BCUT2D eigenvalue weighted by atomic mass is 16.5. The fraction of sp³-hybridized carbons (Fsp3) is 0.350. The standard InChI is InChI=1S/C20H23N3O3/c1-14(24)22-16-7-5-15(6-8-16)20(25)23-17-9-11-18(12-10-17)26-19-4-2-3-13-21-19/h2-8,13,17-18H,9-12H2,1H3,(H,22,24)(H,23,25). The predicted octanol–water partition coefficient (Wildman–Crippen LogP) is 3.16. The van der Waals surface area contributed by atoms with E-state index in [1.165, 1.54) is 6.92 Å². The molecule has 2 amide bonds. The molecule has 1 heterocycles. The summed E-state index contributed by atoms with van der Waals surface area (Å²) in [6, 6.07) is 12.7. The zero-order valence-corrected chi connectivity index (χ0v) is 14.8. The van der Waals surface area contributed by atoms with Crippen molar-refractivity contribution in [2.45, 2.75) is 44.8 Å². The minimum absolute atomic E-state index is 0.0894. The number of nitrogens with zero attached hydrogens (tertiary/aromatic N) is 1. The van der Waals surface area contributed by atoms with Crippen LogP contribution in [0.25, 0.3) is 0 Å². The molecule has 1 aliphatic rings. The number of ether oxygens (including phenoxy) is 1. The van der Waals surface area contributed by atoms with E-state index in [0.717, 1.165) is 25.7 Å². The Morgan fingerprint density at radius 1 is 1.04 bits per heavy atom. The molecule has 0 radical (unpaired) electrons. The number of anilines is 1. The Morgan fingerprint density at radius 2 is 1.77 bits per heavy atom. The van der Waals surface area contributed by atoms with Gasteiger partial charge in [-0.1, -0.05) is 6.07 Å². The van der Waals surface area contributed by atoms with Crippen LogP contribution in [0.3, 0.4) is 0 Å². The number of carbonyl (C=O) groups excluding carboxylic acids is 2. The van der Waals surface area contributed by atoms with E-state index in [0.29, 0.717) is 17.1 Å². The third-order valence-electron chi connectivity index (χ3n) is 4.40. The molecule has 2 N–H and O–H groups in total. The minimum atomic E-state index is -0.133. The van der Waals surface area contributed by atoms with Crippen molar-refractivity contribution < 1.29 is 14.3 Å².